The molecule has 0 unspecified atom stereocenters. The van der Waals surface area contributed by atoms with Crippen LogP contribution < -0.4 is 15.6 Å². The normalized spacial score (nSPS) is 13.6. The molecule has 1 aliphatic rings. The highest BCUT2D eigenvalue weighted by atomic mass is 16.5. The molecule has 1 aromatic carbocycles. The Morgan fingerprint density at radius 3 is 2.81 bits per heavy atom. The number of H-pyrrole nitrogens is 1. The van der Waals surface area contributed by atoms with E-state index in [1.807, 2.05) is 0 Å². The zero-order chi connectivity index (χ0) is 18.1. The van der Waals surface area contributed by atoms with Gasteiger partial charge in [0.05, 0.1) is 0 Å². The molecule has 0 aliphatic heterocycles. The lowest BCUT2D eigenvalue weighted by Gasteiger charge is -2.07. The maximum Gasteiger partial charge on any atom is 0.273 e. The second-order valence-electron chi connectivity index (χ2n) is 6.15. The van der Waals surface area contributed by atoms with Gasteiger partial charge >= 0.3 is 0 Å². The Hall–Kier alpha value is -3.36. The van der Waals surface area contributed by atoms with Gasteiger partial charge in [0.25, 0.3) is 11.5 Å². The lowest BCUT2D eigenvalue weighted by molar-refractivity contribution is 0.101. The van der Waals surface area contributed by atoms with Crippen molar-refractivity contribution in [1.29, 1.82) is 0 Å². The first-order valence-electron chi connectivity index (χ1n) is 8.21. The second kappa shape index (κ2) is 6.51. The summed E-state index contributed by atoms with van der Waals surface area (Å²) in [6.07, 6.45) is 2.21. The van der Waals surface area contributed by atoms with E-state index in [0.29, 0.717) is 29.1 Å². The molecule has 9 heteroatoms. The standard InChI is InChI=1S/C17H17N5O4/c1-22-13(8-15(23)20-22)16(24)18-11-4-6-12(7-5-11)25-9-14-19-17(26-21-14)10-2-3-10/h4-8,10H,2-3,9H2,1H3,(H,18,24)(H,20,23). The summed E-state index contributed by atoms with van der Waals surface area (Å²) in [5, 5.41) is 9.11. The number of carbonyl (C=O) groups excluding carboxylic acids is 1. The molecule has 2 N–H and O–H groups in total. The number of hydrogen-bond acceptors (Lipinski definition) is 6. The molecule has 134 valence electrons. The van der Waals surface area contributed by atoms with Crippen molar-refractivity contribution in [2.24, 2.45) is 7.05 Å². The highest BCUT2D eigenvalue weighted by Crippen LogP contribution is 2.38. The first-order chi connectivity index (χ1) is 12.6. The van der Waals surface area contributed by atoms with Crippen LogP contribution >= 0.6 is 0 Å². The summed E-state index contributed by atoms with van der Waals surface area (Å²) in [6, 6.07) is 8.13. The molecule has 2 heterocycles. The Bertz CT molecular complexity index is 981. The lowest BCUT2D eigenvalue weighted by atomic mass is 10.3. The minimum absolute atomic E-state index is 0.216. The first kappa shape index (κ1) is 16.1. The summed E-state index contributed by atoms with van der Waals surface area (Å²) in [7, 11) is 1.60. The fourth-order valence-corrected chi connectivity index (χ4v) is 2.50. The molecule has 26 heavy (non-hydrogen) atoms. The molecule has 9 nitrogen and oxygen atoms in total. The molecule has 2 aromatic heterocycles. The maximum absolute atomic E-state index is 12.2. The number of ether oxygens (including phenoxy) is 1. The Labute approximate surface area is 148 Å². The van der Waals surface area contributed by atoms with E-state index in [0.717, 1.165) is 12.8 Å². The van der Waals surface area contributed by atoms with Crippen LogP contribution in [0.5, 0.6) is 5.75 Å². The van der Waals surface area contributed by atoms with Crippen molar-refractivity contribution >= 4 is 11.6 Å². The van der Waals surface area contributed by atoms with Crippen LogP contribution in [0, 0.1) is 0 Å². The Kier molecular flexibility index (Phi) is 4.04. The van der Waals surface area contributed by atoms with E-state index in [4.69, 9.17) is 9.26 Å². The number of nitrogens with one attached hydrogen (secondary N) is 2. The first-order valence-corrected chi connectivity index (χ1v) is 8.21. The molecule has 4 rings (SSSR count). The van der Waals surface area contributed by atoms with Gasteiger partial charge in [-0.2, -0.15) is 4.98 Å². The smallest absolute Gasteiger partial charge is 0.273 e. The topological polar surface area (TPSA) is 115 Å². The molecule has 3 aromatic rings. The molecular weight excluding hydrogens is 338 g/mol. The van der Waals surface area contributed by atoms with Gasteiger partial charge in [-0.15, -0.1) is 0 Å². The molecule has 0 bridgehead atoms. The molecule has 0 atom stereocenters. The number of rotatable bonds is 6. The molecule has 1 amide bonds. The molecule has 1 aliphatic carbocycles. The largest absolute Gasteiger partial charge is 0.485 e. The highest BCUT2D eigenvalue weighted by molar-refractivity contribution is 6.02. The van der Waals surface area contributed by atoms with E-state index >= 15 is 0 Å². The van der Waals surface area contributed by atoms with Gasteiger partial charge in [-0.1, -0.05) is 5.16 Å². The van der Waals surface area contributed by atoms with Crippen molar-refractivity contribution in [1.82, 2.24) is 19.9 Å². The van der Waals surface area contributed by atoms with Crippen molar-refractivity contribution in [3.8, 4) is 5.75 Å². The molecule has 1 saturated carbocycles. The average molecular weight is 355 g/mol. The van der Waals surface area contributed by atoms with Crippen molar-refractivity contribution in [2.75, 3.05) is 5.32 Å². The summed E-state index contributed by atoms with van der Waals surface area (Å²) in [5.41, 5.74) is 0.512. The Morgan fingerprint density at radius 2 is 2.15 bits per heavy atom. The monoisotopic (exact) mass is 355 g/mol. The SMILES string of the molecule is Cn1[nH]c(=O)cc1C(=O)Nc1ccc(OCc2noc(C3CC3)n2)cc1. The minimum Gasteiger partial charge on any atom is -0.485 e. The highest BCUT2D eigenvalue weighted by Gasteiger charge is 2.29. The van der Waals surface area contributed by atoms with Crippen LogP contribution in [0.15, 0.2) is 39.6 Å². The summed E-state index contributed by atoms with van der Waals surface area (Å²) >= 11 is 0. The third-order valence-electron chi connectivity index (χ3n) is 4.03. The van der Waals surface area contributed by atoms with Crippen LogP contribution in [0.2, 0.25) is 0 Å². The van der Waals surface area contributed by atoms with Gasteiger partial charge in [0.1, 0.15) is 11.4 Å². The van der Waals surface area contributed by atoms with Crippen LogP contribution in [0.4, 0.5) is 5.69 Å². The van der Waals surface area contributed by atoms with Crippen LogP contribution in [0.25, 0.3) is 0 Å². The van der Waals surface area contributed by atoms with E-state index in [-0.39, 0.29) is 23.8 Å². The number of aromatic amines is 1. The third kappa shape index (κ3) is 3.51. The zero-order valence-electron chi connectivity index (χ0n) is 14.1. The zero-order valence-corrected chi connectivity index (χ0v) is 14.1. The number of aromatic nitrogens is 4. The van der Waals surface area contributed by atoms with E-state index in [1.165, 1.54) is 10.7 Å². The van der Waals surface area contributed by atoms with Gasteiger partial charge in [-0.05, 0) is 37.1 Å². The number of aryl methyl sites for hydroxylation is 1. The third-order valence-corrected chi connectivity index (χ3v) is 4.03. The average Bonchev–Trinajstić information content (AvgIpc) is 3.27. The molecule has 0 radical (unpaired) electrons. The Balaban J connectivity index is 1.34. The number of benzene rings is 1. The number of hydrogen-bond donors (Lipinski definition) is 2. The summed E-state index contributed by atoms with van der Waals surface area (Å²) in [5.74, 6) is 1.85. The van der Waals surface area contributed by atoms with Gasteiger partial charge in [-0.25, -0.2) is 0 Å². The van der Waals surface area contributed by atoms with Gasteiger partial charge in [0, 0.05) is 24.7 Å². The van der Waals surface area contributed by atoms with E-state index in [2.05, 4.69) is 20.6 Å². The second-order valence-corrected chi connectivity index (χ2v) is 6.15. The fraction of sp³-hybridized carbons (Fsp3) is 0.294. The predicted molar refractivity (Wildman–Crippen MR) is 91.0 cm³/mol. The molecular formula is C17H17N5O4. The van der Waals surface area contributed by atoms with Crippen LogP contribution in [0.1, 0.15) is 41.0 Å². The van der Waals surface area contributed by atoms with Crippen molar-refractivity contribution in [2.45, 2.75) is 25.4 Å². The molecule has 1 fully saturated rings. The fourth-order valence-electron chi connectivity index (χ4n) is 2.50. The van der Waals surface area contributed by atoms with Crippen LogP contribution in [-0.2, 0) is 13.7 Å². The van der Waals surface area contributed by atoms with Gasteiger partial charge in [0.15, 0.2) is 6.61 Å². The lowest BCUT2D eigenvalue weighted by Crippen LogP contribution is -2.15. The van der Waals surface area contributed by atoms with E-state index in [1.54, 1.807) is 31.3 Å². The van der Waals surface area contributed by atoms with Crippen LogP contribution in [0.3, 0.4) is 0 Å². The van der Waals surface area contributed by atoms with Crippen LogP contribution in [-0.4, -0.2) is 25.8 Å². The maximum atomic E-state index is 12.2. The summed E-state index contributed by atoms with van der Waals surface area (Å²) < 4.78 is 12.2. The van der Waals surface area contributed by atoms with Gasteiger partial charge < -0.3 is 14.6 Å². The number of amides is 1. The van der Waals surface area contributed by atoms with Gasteiger partial charge in [-0.3, -0.25) is 19.4 Å². The molecule has 0 saturated heterocycles. The quantitative estimate of drug-likeness (QED) is 0.697. The Morgan fingerprint density at radius 1 is 1.38 bits per heavy atom. The summed E-state index contributed by atoms with van der Waals surface area (Å²) in [4.78, 5) is 27.7. The van der Waals surface area contributed by atoms with E-state index in [9.17, 15) is 9.59 Å². The number of carbonyl (C=O) groups is 1. The van der Waals surface area contributed by atoms with Crippen molar-refractivity contribution < 1.29 is 14.1 Å². The minimum atomic E-state index is -0.376. The summed E-state index contributed by atoms with van der Waals surface area (Å²) in [6.45, 7) is 0.216. The van der Waals surface area contributed by atoms with Crippen molar-refractivity contribution in [3.05, 3.63) is 58.1 Å². The van der Waals surface area contributed by atoms with Gasteiger partial charge in [0.2, 0.25) is 11.7 Å². The van der Waals surface area contributed by atoms with Crippen molar-refractivity contribution in [3.63, 3.8) is 0 Å². The predicted octanol–water partition coefficient (Wildman–Crippen LogP) is 1.81. The van der Waals surface area contributed by atoms with E-state index < -0.39 is 0 Å². The number of nitrogens with zero attached hydrogens (tertiary/aromatic N) is 3. The number of anilines is 1. The molecule has 0 spiro atoms.